The Morgan fingerprint density at radius 2 is 2.00 bits per heavy atom. The fraction of sp³-hybridized carbons (Fsp3) is 0.182. The fourth-order valence-corrected chi connectivity index (χ4v) is 1.26. The number of hydrogen-bond donors (Lipinski definition) is 0. The van der Waals surface area contributed by atoms with Crippen LogP contribution >= 0.6 is 0 Å². The van der Waals surface area contributed by atoms with Gasteiger partial charge in [0.25, 0.3) is 0 Å². The van der Waals surface area contributed by atoms with E-state index in [1.165, 1.54) is 0 Å². The van der Waals surface area contributed by atoms with E-state index in [-0.39, 0.29) is 38.8 Å². The number of ether oxygens (including phenoxy) is 1. The summed E-state index contributed by atoms with van der Waals surface area (Å²) in [6.07, 6.45) is 7.48. The Hall–Kier alpha value is -0.266. The Labute approximate surface area is 104 Å². The molecule has 1 nitrogen and oxygen atoms in total. The van der Waals surface area contributed by atoms with Crippen LogP contribution in [0.5, 0.6) is 5.75 Å². The van der Waals surface area contributed by atoms with Crippen LogP contribution in [0.15, 0.2) is 42.5 Å². The molecule has 0 spiro atoms. The van der Waals surface area contributed by atoms with Crippen LogP contribution in [0.4, 0.5) is 0 Å². The molecule has 0 bridgehead atoms. The topological polar surface area (TPSA) is 9.23 Å². The van der Waals surface area contributed by atoms with Crippen molar-refractivity contribution in [2.75, 3.05) is 0 Å². The molecule has 0 fully saturated rings. The van der Waals surface area contributed by atoms with Gasteiger partial charge in [-0.2, -0.15) is 6.08 Å². The maximum absolute atomic E-state index is 5.66. The summed E-state index contributed by atoms with van der Waals surface area (Å²) in [5.41, 5.74) is 0. The largest absolute Gasteiger partial charge is 0.505 e. The van der Waals surface area contributed by atoms with Gasteiger partial charge in [0.05, 0.1) is 0 Å². The van der Waals surface area contributed by atoms with Gasteiger partial charge < -0.3 is 4.74 Å². The third-order valence-electron chi connectivity index (χ3n) is 1.86. The first kappa shape index (κ1) is 10.8. The van der Waals surface area contributed by atoms with Crippen LogP contribution in [0.2, 0.25) is 0 Å². The smallest absolute Gasteiger partial charge is 0.117 e. The molecule has 0 saturated carbocycles. The summed E-state index contributed by atoms with van der Waals surface area (Å²) >= 11 is 0. The van der Waals surface area contributed by atoms with Crippen LogP contribution in [0.25, 0.3) is 0 Å². The molecule has 1 aromatic rings. The molecule has 1 radical (unpaired) electrons. The van der Waals surface area contributed by atoms with E-state index in [1.54, 1.807) is 0 Å². The van der Waals surface area contributed by atoms with Crippen LogP contribution in [-0.2, 0) is 32.7 Å². The van der Waals surface area contributed by atoms with Crippen molar-refractivity contribution in [3.63, 3.8) is 0 Å². The van der Waals surface area contributed by atoms with Gasteiger partial charge in [-0.15, -0.1) is 0 Å². The second kappa shape index (κ2) is 5.46. The van der Waals surface area contributed by atoms with E-state index in [1.807, 2.05) is 36.4 Å². The monoisotopic (exact) mass is 248 g/mol. The van der Waals surface area contributed by atoms with Crippen molar-refractivity contribution in [2.45, 2.75) is 12.5 Å². The Bertz CT molecular complexity index is 269. The SMILES string of the molecule is C1=C[C@@H](Oc2ccccc2)C[CH-]1.[Y]. The molecule has 0 N–H and O–H groups in total. The molecule has 1 aliphatic carbocycles. The number of hydrogen-bond acceptors (Lipinski definition) is 1. The maximum atomic E-state index is 5.66. The van der Waals surface area contributed by atoms with Crippen molar-refractivity contribution < 1.29 is 37.4 Å². The Morgan fingerprint density at radius 1 is 1.23 bits per heavy atom. The second-order valence-corrected chi connectivity index (χ2v) is 2.83. The molecular formula is C11H11OY-. The molecule has 2 heteroatoms. The third kappa shape index (κ3) is 3.17. The zero-order chi connectivity index (χ0) is 8.23. The number of allylic oxidation sites excluding steroid dienone is 1. The summed E-state index contributed by atoms with van der Waals surface area (Å²) in [5.74, 6) is 0.947. The predicted molar refractivity (Wildman–Crippen MR) is 48.9 cm³/mol. The van der Waals surface area contributed by atoms with E-state index in [0.717, 1.165) is 12.2 Å². The van der Waals surface area contributed by atoms with Gasteiger partial charge in [-0.05, 0) is 12.1 Å². The van der Waals surface area contributed by atoms with E-state index in [2.05, 4.69) is 12.5 Å². The van der Waals surface area contributed by atoms with Crippen molar-refractivity contribution in [1.82, 2.24) is 0 Å². The van der Waals surface area contributed by atoms with Crippen LogP contribution in [0, 0.1) is 6.42 Å². The van der Waals surface area contributed by atoms with Crippen LogP contribution < -0.4 is 4.74 Å². The maximum Gasteiger partial charge on any atom is 0.117 e. The van der Waals surface area contributed by atoms with Crippen molar-refractivity contribution in [3.05, 3.63) is 48.9 Å². The molecule has 0 aromatic heterocycles. The molecule has 0 unspecified atom stereocenters. The van der Waals surface area contributed by atoms with E-state index in [0.29, 0.717) is 0 Å². The molecule has 1 aliphatic rings. The molecule has 1 atom stereocenters. The average Bonchev–Trinajstić information content (AvgIpc) is 2.59. The Morgan fingerprint density at radius 3 is 2.62 bits per heavy atom. The Balaban J connectivity index is 0.000000845. The molecule has 1 aromatic carbocycles. The van der Waals surface area contributed by atoms with Gasteiger partial charge >= 0.3 is 0 Å². The summed E-state index contributed by atoms with van der Waals surface area (Å²) < 4.78 is 5.66. The summed E-state index contributed by atoms with van der Waals surface area (Å²) in [4.78, 5) is 0. The van der Waals surface area contributed by atoms with Gasteiger partial charge in [0, 0.05) is 38.8 Å². The van der Waals surface area contributed by atoms with Crippen molar-refractivity contribution in [3.8, 4) is 5.75 Å². The molecular weight excluding hydrogens is 237 g/mol. The van der Waals surface area contributed by atoms with Gasteiger partial charge in [0.2, 0.25) is 0 Å². The van der Waals surface area contributed by atoms with Crippen LogP contribution in [0.1, 0.15) is 6.42 Å². The third-order valence-corrected chi connectivity index (χ3v) is 1.86. The number of para-hydroxylation sites is 1. The Kier molecular flexibility index (Phi) is 4.54. The predicted octanol–water partition coefficient (Wildman–Crippen LogP) is 2.60. The van der Waals surface area contributed by atoms with E-state index < -0.39 is 0 Å². The van der Waals surface area contributed by atoms with Gasteiger partial charge in [-0.1, -0.05) is 24.6 Å². The number of rotatable bonds is 2. The average molecular weight is 248 g/mol. The van der Waals surface area contributed by atoms with Crippen molar-refractivity contribution >= 4 is 0 Å². The molecule has 13 heavy (non-hydrogen) atoms. The zero-order valence-electron chi connectivity index (χ0n) is 7.39. The minimum absolute atomic E-state index is 0. The molecule has 0 saturated heterocycles. The summed E-state index contributed by atoms with van der Waals surface area (Å²) in [6.45, 7) is 0. The molecule has 0 aliphatic heterocycles. The quantitative estimate of drug-likeness (QED) is 0.731. The van der Waals surface area contributed by atoms with Crippen LogP contribution in [-0.4, -0.2) is 6.10 Å². The second-order valence-electron chi connectivity index (χ2n) is 2.83. The van der Waals surface area contributed by atoms with Crippen molar-refractivity contribution in [2.24, 2.45) is 0 Å². The summed E-state index contributed by atoms with van der Waals surface area (Å²) in [7, 11) is 0. The molecule has 65 valence electrons. The fourth-order valence-electron chi connectivity index (χ4n) is 1.26. The van der Waals surface area contributed by atoms with Crippen molar-refractivity contribution in [1.29, 1.82) is 0 Å². The number of benzene rings is 1. The molecule has 2 rings (SSSR count). The first-order valence-corrected chi connectivity index (χ1v) is 4.17. The van der Waals surface area contributed by atoms with E-state index in [9.17, 15) is 0 Å². The first-order valence-electron chi connectivity index (χ1n) is 4.17. The minimum Gasteiger partial charge on any atom is -0.505 e. The standard InChI is InChI=1S/C11H11O.Y/c1-2-6-10(7-3-1)12-11-8-4-5-9-11;/h1-8,11H,9H2;/q-1;/t11-;/m1./s1. The van der Waals surface area contributed by atoms with E-state index >= 15 is 0 Å². The van der Waals surface area contributed by atoms with Gasteiger partial charge in [0.15, 0.2) is 0 Å². The van der Waals surface area contributed by atoms with E-state index in [4.69, 9.17) is 4.74 Å². The normalized spacial score (nSPS) is 18.9. The first-order chi connectivity index (χ1) is 5.95. The minimum atomic E-state index is 0. The van der Waals surface area contributed by atoms with Crippen LogP contribution in [0.3, 0.4) is 0 Å². The molecule has 0 amide bonds. The summed E-state index contributed by atoms with van der Waals surface area (Å²) in [5, 5.41) is 0. The zero-order valence-corrected chi connectivity index (χ0v) is 10.2. The van der Waals surface area contributed by atoms with Gasteiger partial charge in [0.1, 0.15) is 5.75 Å². The summed E-state index contributed by atoms with van der Waals surface area (Å²) in [6, 6.07) is 9.91. The van der Waals surface area contributed by atoms with Gasteiger partial charge in [-0.25, -0.2) is 12.5 Å². The molecule has 0 heterocycles. The van der Waals surface area contributed by atoms with Gasteiger partial charge in [-0.3, -0.25) is 0 Å².